The number of aryl methyl sites for hydroxylation is 1. The van der Waals surface area contributed by atoms with Crippen molar-refractivity contribution in [3.63, 3.8) is 0 Å². The molecule has 1 saturated heterocycles. The van der Waals surface area contributed by atoms with Gasteiger partial charge < -0.3 is 9.64 Å². The number of hydrogen-bond donors (Lipinski definition) is 0. The fraction of sp³-hybridized carbons (Fsp3) is 0.429. The number of rotatable bonds is 3. The van der Waals surface area contributed by atoms with Crippen molar-refractivity contribution in [3.8, 4) is 0 Å². The van der Waals surface area contributed by atoms with Gasteiger partial charge in [0, 0.05) is 30.8 Å². The molecule has 0 bridgehead atoms. The first-order chi connectivity index (χ1) is 13.2. The minimum absolute atomic E-state index is 0.147. The molecule has 0 radical (unpaired) electrons. The van der Waals surface area contributed by atoms with E-state index in [1.165, 1.54) is 15.1 Å². The third kappa shape index (κ3) is 3.20. The first kappa shape index (κ1) is 17.3. The van der Waals surface area contributed by atoms with Gasteiger partial charge in [0.2, 0.25) is 5.91 Å². The lowest BCUT2D eigenvalue weighted by atomic mass is 9.85. The lowest BCUT2D eigenvalue weighted by Crippen LogP contribution is -2.47. The molecule has 5 rings (SSSR count). The number of carbonyl (C=O) groups excluding carboxylic acids is 1. The molecule has 6 heteroatoms. The van der Waals surface area contributed by atoms with Crippen LogP contribution in [0.15, 0.2) is 35.7 Å². The molecule has 1 fully saturated rings. The first-order valence-electron chi connectivity index (χ1n) is 9.57. The molecule has 0 unspecified atom stereocenters. The van der Waals surface area contributed by atoms with E-state index in [-0.39, 0.29) is 11.5 Å². The molecule has 0 saturated carbocycles. The predicted octanol–water partition coefficient (Wildman–Crippen LogP) is 4.38. The van der Waals surface area contributed by atoms with E-state index in [9.17, 15) is 4.79 Å². The molecule has 0 atom stereocenters. The fourth-order valence-electron chi connectivity index (χ4n) is 4.24. The van der Waals surface area contributed by atoms with Crippen molar-refractivity contribution in [2.24, 2.45) is 0 Å². The third-order valence-electron chi connectivity index (χ3n) is 5.73. The number of likely N-dealkylation sites (tertiary alicyclic amines) is 1. The smallest absolute Gasteiger partial charge is 0.222 e. The maximum Gasteiger partial charge on any atom is 0.222 e. The van der Waals surface area contributed by atoms with Gasteiger partial charge in [0.25, 0.3) is 0 Å². The number of carbonyl (C=O) groups is 1. The molecular formula is C21H22N2O2S2. The van der Waals surface area contributed by atoms with Gasteiger partial charge in [-0.05, 0) is 48.4 Å². The summed E-state index contributed by atoms with van der Waals surface area (Å²) in [6, 6.07) is 10.4. The summed E-state index contributed by atoms with van der Waals surface area (Å²) in [6.45, 7) is 2.38. The van der Waals surface area contributed by atoms with Crippen LogP contribution in [-0.2, 0) is 28.0 Å². The number of piperidine rings is 1. The van der Waals surface area contributed by atoms with Gasteiger partial charge in [-0.2, -0.15) is 0 Å². The van der Waals surface area contributed by atoms with E-state index in [2.05, 4.69) is 22.5 Å². The first-order valence-corrected chi connectivity index (χ1v) is 11.3. The van der Waals surface area contributed by atoms with Gasteiger partial charge in [0.15, 0.2) is 0 Å². The number of fused-ring (bicyclic) bond motifs is 3. The van der Waals surface area contributed by atoms with E-state index < -0.39 is 0 Å². The van der Waals surface area contributed by atoms with E-state index >= 15 is 0 Å². The van der Waals surface area contributed by atoms with Crippen LogP contribution in [0.2, 0.25) is 0 Å². The Morgan fingerprint density at radius 3 is 2.93 bits per heavy atom. The lowest BCUT2D eigenvalue weighted by Gasteiger charge is -2.43. The largest absolute Gasteiger partial charge is 0.369 e. The average Bonchev–Trinajstić information content (AvgIpc) is 3.34. The zero-order chi connectivity index (χ0) is 18.3. The van der Waals surface area contributed by atoms with Gasteiger partial charge in [0.1, 0.15) is 5.60 Å². The van der Waals surface area contributed by atoms with Gasteiger partial charge in [-0.1, -0.05) is 12.1 Å². The molecule has 4 nitrogen and oxygen atoms in total. The highest BCUT2D eigenvalue weighted by atomic mass is 32.1. The van der Waals surface area contributed by atoms with Crippen LogP contribution in [0.25, 0.3) is 10.2 Å². The molecule has 0 aliphatic carbocycles. The zero-order valence-corrected chi connectivity index (χ0v) is 16.8. The van der Waals surface area contributed by atoms with Crippen LogP contribution in [-0.4, -0.2) is 35.5 Å². The Labute approximate surface area is 166 Å². The van der Waals surface area contributed by atoms with Crippen LogP contribution >= 0.6 is 22.7 Å². The molecule has 1 amide bonds. The highest BCUT2D eigenvalue weighted by Gasteiger charge is 2.42. The van der Waals surface area contributed by atoms with Crippen molar-refractivity contribution in [2.45, 2.75) is 37.7 Å². The maximum atomic E-state index is 12.7. The Kier molecular flexibility index (Phi) is 4.50. The Hall–Kier alpha value is -1.76. The molecule has 2 aromatic heterocycles. The number of thiazole rings is 1. The fourth-order valence-corrected chi connectivity index (χ4v) is 6.38. The van der Waals surface area contributed by atoms with Gasteiger partial charge in [-0.3, -0.25) is 4.79 Å². The second-order valence-corrected chi connectivity index (χ2v) is 9.36. The number of ether oxygens (including phenoxy) is 1. The highest BCUT2D eigenvalue weighted by molar-refractivity contribution is 7.18. The minimum Gasteiger partial charge on any atom is -0.369 e. The minimum atomic E-state index is -0.147. The molecule has 1 spiro atoms. The SMILES string of the molecule is O=C(CCc1nc2ccccc2s1)N1CCC2(CC1)OCCc1ccsc12. The van der Waals surface area contributed by atoms with Gasteiger partial charge in [-0.15, -0.1) is 22.7 Å². The van der Waals surface area contributed by atoms with Crippen LogP contribution in [0.3, 0.4) is 0 Å². The molecule has 140 valence electrons. The predicted molar refractivity (Wildman–Crippen MR) is 109 cm³/mol. The zero-order valence-electron chi connectivity index (χ0n) is 15.1. The van der Waals surface area contributed by atoms with Crippen LogP contribution < -0.4 is 0 Å². The van der Waals surface area contributed by atoms with E-state index in [1.54, 1.807) is 11.3 Å². The van der Waals surface area contributed by atoms with Crippen molar-refractivity contribution in [2.75, 3.05) is 19.7 Å². The number of hydrogen-bond acceptors (Lipinski definition) is 5. The second kappa shape index (κ2) is 7.00. The summed E-state index contributed by atoms with van der Waals surface area (Å²) in [5.41, 5.74) is 2.33. The third-order valence-corrected chi connectivity index (χ3v) is 7.96. The van der Waals surface area contributed by atoms with Gasteiger partial charge in [-0.25, -0.2) is 4.98 Å². The molecule has 3 aromatic rings. The summed E-state index contributed by atoms with van der Waals surface area (Å²) in [4.78, 5) is 20.8. The number of para-hydroxylation sites is 1. The van der Waals surface area contributed by atoms with Crippen molar-refractivity contribution in [3.05, 3.63) is 51.2 Å². The molecule has 4 heterocycles. The summed E-state index contributed by atoms with van der Waals surface area (Å²) in [5.74, 6) is 0.242. The van der Waals surface area contributed by atoms with E-state index in [0.29, 0.717) is 6.42 Å². The molecular weight excluding hydrogens is 376 g/mol. The number of thiophene rings is 1. The topological polar surface area (TPSA) is 42.4 Å². The summed E-state index contributed by atoms with van der Waals surface area (Å²) in [7, 11) is 0. The van der Waals surface area contributed by atoms with E-state index in [4.69, 9.17) is 4.74 Å². The molecule has 27 heavy (non-hydrogen) atoms. The van der Waals surface area contributed by atoms with Gasteiger partial charge >= 0.3 is 0 Å². The van der Waals surface area contributed by atoms with Gasteiger partial charge in [0.05, 0.1) is 21.8 Å². The van der Waals surface area contributed by atoms with E-state index in [0.717, 1.165) is 55.9 Å². The Balaban J connectivity index is 1.21. The second-order valence-electron chi connectivity index (χ2n) is 7.32. The van der Waals surface area contributed by atoms with Crippen LogP contribution in [0.1, 0.15) is 34.7 Å². The standard InChI is InChI=1S/C21H22N2O2S2/c24-19(6-5-18-22-16-3-1-2-4-17(16)27-18)23-11-9-21(10-12-23)20-15(7-13-25-21)8-14-26-20/h1-4,8,14H,5-7,9-13H2. The Bertz CT molecular complexity index is 936. The molecule has 1 aromatic carbocycles. The maximum absolute atomic E-state index is 12.7. The van der Waals surface area contributed by atoms with Crippen LogP contribution in [0, 0.1) is 0 Å². The summed E-state index contributed by atoms with van der Waals surface area (Å²) in [5, 5.41) is 3.23. The highest BCUT2D eigenvalue weighted by Crippen LogP contribution is 2.44. The Morgan fingerprint density at radius 1 is 1.22 bits per heavy atom. The molecule has 0 N–H and O–H groups in total. The number of benzene rings is 1. The number of aromatic nitrogens is 1. The van der Waals surface area contributed by atoms with Crippen molar-refractivity contribution in [1.29, 1.82) is 0 Å². The van der Waals surface area contributed by atoms with Crippen LogP contribution in [0.4, 0.5) is 0 Å². The summed E-state index contributed by atoms with van der Waals surface area (Å²) >= 11 is 3.51. The number of amides is 1. The quantitative estimate of drug-likeness (QED) is 0.657. The summed E-state index contributed by atoms with van der Waals surface area (Å²) in [6.07, 6.45) is 4.11. The molecule has 2 aliphatic rings. The Morgan fingerprint density at radius 2 is 2.07 bits per heavy atom. The van der Waals surface area contributed by atoms with Crippen molar-refractivity contribution >= 4 is 38.8 Å². The monoisotopic (exact) mass is 398 g/mol. The lowest BCUT2D eigenvalue weighted by molar-refractivity contribution is -0.140. The van der Waals surface area contributed by atoms with Crippen LogP contribution in [0.5, 0.6) is 0 Å². The van der Waals surface area contributed by atoms with Crippen molar-refractivity contribution < 1.29 is 9.53 Å². The molecule has 2 aliphatic heterocycles. The van der Waals surface area contributed by atoms with Crippen molar-refractivity contribution in [1.82, 2.24) is 9.88 Å². The average molecular weight is 399 g/mol. The summed E-state index contributed by atoms with van der Waals surface area (Å²) < 4.78 is 7.44. The van der Waals surface area contributed by atoms with E-state index in [1.807, 2.05) is 34.4 Å². The number of nitrogens with zero attached hydrogens (tertiary/aromatic N) is 2. The normalized spacial score (nSPS) is 18.7.